The van der Waals surface area contributed by atoms with Crippen molar-refractivity contribution in [3.63, 3.8) is 0 Å². The highest BCUT2D eigenvalue weighted by molar-refractivity contribution is 5.97. The number of carbonyl (C=O) groups excluding carboxylic acids is 2. The lowest BCUT2D eigenvalue weighted by atomic mass is 10.1. The Morgan fingerprint density at radius 1 is 1.25 bits per heavy atom. The zero-order valence-electron chi connectivity index (χ0n) is 21.9. The number of benzene rings is 1. The summed E-state index contributed by atoms with van der Waals surface area (Å²) in [5.74, 6) is 1.67. The highest BCUT2D eigenvalue weighted by Crippen LogP contribution is 2.31. The van der Waals surface area contributed by atoms with E-state index in [0.717, 1.165) is 16.5 Å². The van der Waals surface area contributed by atoms with Crippen LogP contribution in [-0.2, 0) is 22.6 Å². The standard InChI is InChI=1S/C29H27N5O6/c1-17-22-13-20(39-21-4-3-11-30-15-21)7-9-24(22)40-25(17)16-34(2)26(35)10-5-18-12-19-6-8-23(32-29(37)38)28(36)33-27(19)31-14-18/h3-5,7,9-15,23,32H,6,8,16H2,1-2H3,(H,37,38)(H,31,33,36)/b10-5+. The number of anilines is 1. The number of pyridine rings is 2. The third-order valence-electron chi connectivity index (χ3n) is 6.60. The summed E-state index contributed by atoms with van der Waals surface area (Å²) in [4.78, 5) is 46.0. The number of amides is 3. The van der Waals surface area contributed by atoms with Crippen molar-refractivity contribution in [2.24, 2.45) is 0 Å². The van der Waals surface area contributed by atoms with E-state index in [1.165, 1.54) is 6.08 Å². The van der Waals surface area contributed by atoms with Gasteiger partial charge < -0.3 is 29.8 Å². The molecular weight excluding hydrogens is 514 g/mol. The molecular formula is C29H27N5O6. The minimum absolute atomic E-state index is 0.227. The fourth-order valence-corrected chi connectivity index (χ4v) is 4.44. The molecule has 0 saturated carbocycles. The second-order valence-corrected chi connectivity index (χ2v) is 9.43. The molecule has 4 heterocycles. The van der Waals surface area contributed by atoms with Crippen molar-refractivity contribution in [2.75, 3.05) is 12.4 Å². The molecule has 0 saturated heterocycles. The van der Waals surface area contributed by atoms with Gasteiger partial charge in [-0.15, -0.1) is 0 Å². The van der Waals surface area contributed by atoms with Gasteiger partial charge in [-0.1, -0.05) is 0 Å². The molecule has 3 aromatic heterocycles. The van der Waals surface area contributed by atoms with E-state index in [4.69, 9.17) is 14.3 Å². The first kappa shape index (κ1) is 26.4. The summed E-state index contributed by atoms with van der Waals surface area (Å²) in [5.41, 5.74) is 3.06. The van der Waals surface area contributed by atoms with Gasteiger partial charge in [0.1, 0.15) is 34.7 Å². The molecule has 4 aromatic rings. The largest absolute Gasteiger partial charge is 0.465 e. The number of fused-ring (bicyclic) bond motifs is 2. The summed E-state index contributed by atoms with van der Waals surface area (Å²) < 4.78 is 11.9. The fraction of sp³-hybridized carbons (Fsp3) is 0.207. The molecule has 1 aromatic carbocycles. The van der Waals surface area contributed by atoms with Crippen LogP contribution in [-0.4, -0.2) is 51.0 Å². The number of hydrogen-bond donors (Lipinski definition) is 3. The summed E-state index contributed by atoms with van der Waals surface area (Å²) in [6, 6.07) is 10.2. The maximum Gasteiger partial charge on any atom is 0.405 e. The second-order valence-electron chi connectivity index (χ2n) is 9.43. The minimum atomic E-state index is -1.26. The number of aromatic nitrogens is 2. The van der Waals surface area contributed by atoms with E-state index in [1.54, 1.807) is 42.7 Å². The molecule has 5 rings (SSSR count). The average Bonchev–Trinajstić information content (AvgIpc) is 3.15. The Hall–Kier alpha value is -5.19. The Morgan fingerprint density at radius 3 is 2.88 bits per heavy atom. The van der Waals surface area contributed by atoms with Crippen molar-refractivity contribution in [2.45, 2.75) is 32.4 Å². The number of furan rings is 1. The van der Waals surface area contributed by atoms with Crippen LogP contribution in [0.4, 0.5) is 10.6 Å². The Morgan fingerprint density at radius 2 is 2.10 bits per heavy atom. The number of hydrogen-bond acceptors (Lipinski definition) is 7. The van der Waals surface area contributed by atoms with Gasteiger partial charge in [-0.25, -0.2) is 9.78 Å². The van der Waals surface area contributed by atoms with Crippen molar-refractivity contribution in [3.05, 3.63) is 83.5 Å². The zero-order chi connectivity index (χ0) is 28.2. The second kappa shape index (κ2) is 11.3. The Bertz CT molecular complexity index is 1610. The van der Waals surface area contributed by atoms with Crippen molar-refractivity contribution in [3.8, 4) is 11.5 Å². The van der Waals surface area contributed by atoms with Gasteiger partial charge in [0, 0.05) is 36.5 Å². The summed E-state index contributed by atoms with van der Waals surface area (Å²) in [6.45, 7) is 2.22. The predicted molar refractivity (Wildman–Crippen MR) is 147 cm³/mol. The number of nitrogens with one attached hydrogen (secondary N) is 2. The smallest absolute Gasteiger partial charge is 0.405 e. The van der Waals surface area contributed by atoms with Crippen LogP contribution < -0.4 is 15.4 Å². The topological polar surface area (TPSA) is 147 Å². The fourth-order valence-electron chi connectivity index (χ4n) is 4.44. The van der Waals surface area contributed by atoms with Crippen LogP contribution in [0, 0.1) is 6.92 Å². The van der Waals surface area contributed by atoms with Crippen LogP contribution in [0.1, 0.15) is 28.9 Å². The number of nitrogens with zero attached hydrogens (tertiary/aromatic N) is 3. The molecule has 0 spiro atoms. The Labute approximate surface area is 229 Å². The van der Waals surface area contributed by atoms with Crippen LogP contribution in [0.15, 0.2) is 65.5 Å². The lowest BCUT2D eigenvalue weighted by Crippen LogP contribution is -2.42. The molecule has 3 N–H and O–H groups in total. The molecule has 1 unspecified atom stereocenters. The average molecular weight is 542 g/mol. The number of likely N-dealkylation sites (N-methyl/N-ethyl adjacent to an activating group) is 1. The first-order valence-corrected chi connectivity index (χ1v) is 12.6. The molecule has 3 amide bonds. The van der Waals surface area contributed by atoms with Gasteiger partial charge in [0.2, 0.25) is 11.8 Å². The highest BCUT2D eigenvalue weighted by Gasteiger charge is 2.25. The number of aryl methyl sites for hydroxylation is 2. The summed E-state index contributed by atoms with van der Waals surface area (Å²) in [5, 5.41) is 14.7. The maximum absolute atomic E-state index is 12.9. The maximum atomic E-state index is 12.9. The summed E-state index contributed by atoms with van der Waals surface area (Å²) in [6.07, 6.45) is 7.45. The van der Waals surface area contributed by atoms with Gasteiger partial charge >= 0.3 is 6.09 Å². The van der Waals surface area contributed by atoms with E-state index < -0.39 is 18.0 Å². The van der Waals surface area contributed by atoms with Crippen LogP contribution in [0.3, 0.4) is 0 Å². The molecule has 204 valence electrons. The number of carboxylic acid groups (broad SMARTS) is 1. The van der Waals surface area contributed by atoms with E-state index in [-0.39, 0.29) is 12.5 Å². The normalized spacial score (nSPS) is 14.8. The summed E-state index contributed by atoms with van der Waals surface area (Å²) in [7, 11) is 1.69. The van der Waals surface area contributed by atoms with E-state index in [0.29, 0.717) is 47.1 Å². The molecule has 0 fully saturated rings. The lowest BCUT2D eigenvalue weighted by Gasteiger charge is -2.14. The van der Waals surface area contributed by atoms with Gasteiger partial charge in [0.15, 0.2) is 0 Å². The molecule has 40 heavy (non-hydrogen) atoms. The molecule has 11 nitrogen and oxygen atoms in total. The van der Waals surface area contributed by atoms with Crippen molar-refractivity contribution in [1.82, 2.24) is 20.2 Å². The third-order valence-corrected chi connectivity index (χ3v) is 6.60. The molecule has 0 radical (unpaired) electrons. The van der Waals surface area contributed by atoms with Crippen molar-refractivity contribution < 1.29 is 28.6 Å². The van der Waals surface area contributed by atoms with E-state index in [2.05, 4.69) is 20.6 Å². The Kier molecular flexibility index (Phi) is 7.45. The van der Waals surface area contributed by atoms with Crippen LogP contribution in [0.5, 0.6) is 11.5 Å². The van der Waals surface area contributed by atoms with E-state index in [9.17, 15) is 14.4 Å². The van der Waals surface area contributed by atoms with E-state index >= 15 is 0 Å². The van der Waals surface area contributed by atoms with E-state index in [1.807, 2.05) is 37.3 Å². The zero-order valence-corrected chi connectivity index (χ0v) is 21.9. The number of carbonyl (C=O) groups is 3. The Balaban J connectivity index is 1.24. The lowest BCUT2D eigenvalue weighted by molar-refractivity contribution is -0.125. The van der Waals surface area contributed by atoms with Gasteiger partial charge in [0.05, 0.1) is 12.7 Å². The first-order chi connectivity index (χ1) is 19.3. The van der Waals surface area contributed by atoms with Gasteiger partial charge in [-0.3, -0.25) is 14.6 Å². The molecule has 0 bridgehead atoms. The monoisotopic (exact) mass is 541 g/mol. The van der Waals surface area contributed by atoms with Crippen LogP contribution >= 0.6 is 0 Å². The predicted octanol–water partition coefficient (Wildman–Crippen LogP) is 4.52. The molecule has 0 aliphatic carbocycles. The van der Waals surface area contributed by atoms with Crippen molar-refractivity contribution >= 4 is 40.8 Å². The number of rotatable bonds is 7. The number of ether oxygens (including phenoxy) is 1. The SMILES string of the molecule is Cc1c(CN(C)C(=O)/C=C/c2cnc3c(c2)CCC(NC(=O)O)C(=O)N3)oc2ccc(Oc3cccnc3)cc12. The van der Waals surface area contributed by atoms with Gasteiger partial charge in [0.25, 0.3) is 0 Å². The molecule has 1 aliphatic rings. The van der Waals surface area contributed by atoms with Crippen LogP contribution in [0.25, 0.3) is 17.0 Å². The van der Waals surface area contributed by atoms with Gasteiger partial charge in [-0.2, -0.15) is 0 Å². The van der Waals surface area contributed by atoms with Crippen molar-refractivity contribution in [1.29, 1.82) is 0 Å². The molecule has 11 heteroatoms. The first-order valence-electron chi connectivity index (χ1n) is 12.6. The van der Waals surface area contributed by atoms with Gasteiger partial charge in [-0.05, 0) is 73.4 Å². The third kappa shape index (κ3) is 5.93. The molecule has 1 atom stereocenters. The molecule has 1 aliphatic heterocycles. The van der Waals surface area contributed by atoms with Crippen LogP contribution in [0.2, 0.25) is 0 Å². The minimum Gasteiger partial charge on any atom is -0.465 e. The highest BCUT2D eigenvalue weighted by atomic mass is 16.5. The summed E-state index contributed by atoms with van der Waals surface area (Å²) >= 11 is 0. The quantitative estimate of drug-likeness (QED) is 0.290.